The average Bonchev–Trinajstić information content (AvgIpc) is 3.27. The third-order valence-corrected chi connectivity index (χ3v) is 6.19. The molecule has 0 saturated carbocycles. The molecular formula is C23H39IN4O4. The van der Waals surface area contributed by atoms with Crippen LogP contribution in [-0.2, 0) is 9.47 Å². The molecule has 2 aliphatic heterocycles. The van der Waals surface area contributed by atoms with Crippen LogP contribution in [0.4, 0.5) is 0 Å². The Bertz CT molecular complexity index is 677. The first kappa shape index (κ1) is 27.1. The van der Waals surface area contributed by atoms with Gasteiger partial charge in [0.1, 0.15) is 5.75 Å². The molecule has 0 spiro atoms. The standard InChI is InChI=1S/C23H38N4O4.HI/c1-3-24-22(26-17-23(8-12-28)9-13-31-18-23)25-16-21(27-10-14-30-15-11-27)19-4-6-20(29-2)7-5-19;/h4-7,21,28H,3,8-18H2,1-2H3,(H2,24,25,26);1H. The van der Waals surface area contributed by atoms with Crippen molar-refractivity contribution < 1.29 is 19.3 Å². The van der Waals surface area contributed by atoms with E-state index in [1.165, 1.54) is 5.56 Å². The van der Waals surface area contributed by atoms with E-state index in [1.807, 2.05) is 12.1 Å². The molecule has 9 heteroatoms. The van der Waals surface area contributed by atoms with Crippen molar-refractivity contribution in [2.75, 3.05) is 72.9 Å². The molecule has 32 heavy (non-hydrogen) atoms. The van der Waals surface area contributed by atoms with E-state index in [4.69, 9.17) is 19.2 Å². The number of morpholine rings is 1. The topological polar surface area (TPSA) is 87.6 Å². The van der Waals surface area contributed by atoms with Crippen molar-refractivity contribution in [2.45, 2.75) is 25.8 Å². The van der Waals surface area contributed by atoms with Gasteiger partial charge in [-0.1, -0.05) is 12.1 Å². The molecule has 3 N–H and O–H groups in total. The maximum atomic E-state index is 9.48. The number of ether oxygens (including phenoxy) is 3. The van der Waals surface area contributed by atoms with Gasteiger partial charge in [-0.05, 0) is 37.5 Å². The summed E-state index contributed by atoms with van der Waals surface area (Å²) < 4.78 is 16.5. The Kier molecular flexibility index (Phi) is 12.0. The summed E-state index contributed by atoms with van der Waals surface area (Å²) in [5, 5.41) is 16.4. The number of benzene rings is 1. The second-order valence-corrected chi connectivity index (χ2v) is 8.29. The number of guanidine groups is 1. The maximum absolute atomic E-state index is 9.48. The quantitative estimate of drug-likeness (QED) is 0.229. The lowest BCUT2D eigenvalue weighted by Crippen LogP contribution is -2.46. The predicted molar refractivity (Wildman–Crippen MR) is 137 cm³/mol. The van der Waals surface area contributed by atoms with Crippen molar-refractivity contribution in [2.24, 2.45) is 10.4 Å². The van der Waals surface area contributed by atoms with Crippen LogP contribution in [0.2, 0.25) is 0 Å². The minimum absolute atomic E-state index is 0. The number of halogens is 1. The summed E-state index contributed by atoms with van der Waals surface area (Å²) in [5.74, 6) is 1.67. The van der Waals surface area contributed by atoms with Gasteiger partial charge in [0, 0.05) is 44.8 Å². The second-order valence-electron chi connectivity index (χ2n) is 8.29. The highest BCUT2D eigenvalue weighted by Crippen LogP contribution is 2.32. The predicted octanol–water partition coefficient (Wildman–Crippen LogP) is 2.03. The number of rotatable bonds is 10. The molecule has 8 nitrogen and oxygen atoms in total. The van der Waals surface area contributed by atoms with Crippen molar-refractivity contribution in [3.05, 3.63) is 29.8 Å². The number of aliphatic imine (C=N–C) groups is 1. The van der Waals surface area contributed by atoms with E-state index < -0.39 is 0 Å². The van der Waals surface area contributed by atoms with Gasteiger partial charge in [0.2, 0.25) is 0 Å². The first-order chi connectivity index (χ1) is 15.2. The first-order valence-corrected chi connectivity index (χ1v) is 11.4. The molecule has 2 heterocycles. The lowest BCUT2D eigenvalue weighted by Gasteiger charge is -2.35. The summed E-state index contributed by atoms with van der Waals surface area (Å²) in [6.07, 6.45) is 1.66. The van der Waals surface area contributed by atoms with Crippen LogP contribution in [0.5, 0.6) is 5.75 Å². The van der Waals surface area contributed by atoms with Crippen LogP contribution < -0.4 is 15.4 Å². The monoisotopic (exact) mass is 562 g/mol. The molecule has 1 aromatic rings. The molecule has 0 bridgehead atoms. The van der Waals surface area contributed by atoms with Crippen LogP contribution in [0.15, 0.2) is 29.3 Å². The van der Waals surface area contributed by atoms with E-state index in [0.717, 1.165) is 70.6 Å². The van der Waals surface area contributed by atoms with Crippen LogP contribution in [0.25, 0.3) is 0 Å². The largest absolute Gasteiger partial charge is 0.497 e. The summed E-state index contributed by atoms with van der Waals surface area (Å²) in [6.45, 7) is 9.15. The maximum Gasteiger partial charge on any atom is 0.191 e. The van der Waals surface area contributed by atoms with Gasteiger partial charge in [-0.15, -0.1) is 24.0 Å². The summed E-state index contributed by atoms with van der Waals surface area (Å²) in [5.41, 5.74) is 1.18. The zero-order valence-electron chi connectivity index (χ0n) is 19.3. The van der Waals surface area contributed by atoms with Gasteiger partial charge in [0.25, 0.3) is 0 Å². The number of hydrogen-bond acceptors (Lipinski definition) is 6. The van der Waals surface area contributed by atoms with E-state index in [9.17, 15) is 5.11 Å². The van der Waals surface area contributed by atoms with Crippen molar-refractivity contribution in [1.82, 2.24) is 15.5 Å². The van der Waals surface area contributed by atoms with E-state index >= 15 is 0 Å². The molecule has 2 aliphatic rings. The number of aliphatic hydroxyl groups excluding tert-OH is 1. The highest BCUT2D eigenvalue weighted by atomic mass is 127. The summed E-state index contributed by atoms with van der Waals surface area (Å²) >= 11 is 0. The molecular weight excluding hydrogens is 523 g/mol. The third kappa shape index (κ3) is 7.72. The van der Waals surface area contributed by atoms with Crippen LogP contribution in [0.1, 0.15) is 31.4 Å². The van der Waals surface area contributed by atoms with Gasteiger partial charge in [-0.3, -0.25) is 9.89 Å². The highest BCUT2D eigenvalue weighted by Gasteiger charge is 2.34. The fraction of sp³-hybridized carbons (Fsp3) is 0.696. The minimum atomic E-state index is -0.0588. The van der Waals surface area contributed by atoms with Crippen LogP contribution in [0, 0.1) is 5.41 Å². The van der Waals surface area contributed by atoms with Gasteiger partial charge in [0.05, 0.1) is 39.5 Å². The summed E-state index contributed by atoms with van der Waals surface area (Å²) in [6, 6.07) is 8.51. The molecule has 3 rings (SSSR count). The molecule has 0 aliphatic carbocycles. The second kappa shape index (κ2) is 14.2. The molecule has 0 aromatic heterocycles. The average molecular weight is 562 g/mol. The van der Waals surface area contributed by atoms with Crippen LogP contribution in [-0.4, -0.2) is 88.8 Å². The molecule has 2 saturated heterocycles. The lowest BCUT2D eigenvalue weighted by atomic mass is 9.84. The Morgan fingerprint density at radius 3 is 2.53 bits per heavy atom. The van der Waals surface area contributed by atoms with Gasteiger partial charge in [-0.25, -0.2) is 0 Å². The van der Waals surface area contributed by atoms with Crippen LogP contribution in [0.3, 0.4) is 0 Å². The molecule has 2 unspecified atom stereocenters. The summed E-state index contributed by atoms with van der Waals surface area (Å²) in [4.78, 5) is 7.32. The van der Waals surface area contributed by atoms with Crippen molar-refractivity contribution in [3.8, 4) is 5.75 Å². The van der Waals surface area contributed by atoms with Crippen molar-refractivity contribution in [3.63, 3.8) is 0 Å². The number of methoxy groups -OCH3 is 1. The van der Waals surface area contributed by atoms with Gasteiger partial charge < -0.3 is 30.0 Å². The molecule has 0 radical (unpaired) electrons. The molecule has 182 valence electrons. The van der Waals surface area contributed by atoms with Gasteiger partial charge >= 0.3 is 0 Å². The fourth-order valence-corrected chi connectivity index (χ4v) is 4.24. The van der Waals surface area contributed by atoms with Crippen molar-refractivity contribution in [1.29, 1.82) is 0 Å². The van der Waals surface area contributed by atoms with E-state index in [0.29, 0.717) is 13.2 Å². The third-order valence-electron chi connectivity index (χ3n) is 6.19. The van der Waals surface area contributed by atoms with E-state index in [1.54, 1.807) is 7.11 Å². The van der Waals surface area contributed by atoms with Gasteiger partial charge in [0.15, 0.2) is 5.96 Å². The fourth-order valence-electron chi connectivity index (χ4n) is 4.24. The summed E-state index contributed by atoms with van der Waals surface area (Å²) in [7, 11) is 1.69. The van der Waals surface area contributed by atoms with E-state index in [-0.39, 0.29) is 42.0 Å². The van der Waals surface area contributed by atoms with Gasteiger partial charge in [-0.2, -0.15) is 0 Å². The molecule has 2 atom stereocenters. The number of nitrogens with zero attached hydrogens (tertiary/aromatic N) is 2. The Morgan fingerprint density at radius 1 is 1.19 bits per heavy atom. The van der Waals surface area contributed by atoms with E-state index in [2.05, 4.69) is 34.6 Å². The molecule has 2 fully saturated rings. The number of hydrogen-bond donors (Lipinski definition) is 3. The zero-order chi connectivity index (χ0) is 21.9. The molecule has 0 amide bonds. The Labute approximate surface area is 209 Å². The van der Waals surface area contributed by atoms with Crippen LogP contribution >= 0.6 is 24.0 Å². The zero-order valence-corrected chi connectivity index (χ0v) is 21.7. The Balaban J connectivity index is 0.00000363. The highest BCUT2D eigenvalue weighted by molar-refractivity contribution is 14.0. The SMILES string of the molecule is CCNC(=NCC1(CCO)CCOC1)NCC(c1ccc(OC)cc1)N1CCOCC1.I. The minimum Gasteiger partial charge on any atom is -0.497 e. The Hall–Kier alpha value is -1.14. The lowest BCUT2D eigenvalue weighted by molar-refractivity contribution is 0.0170. The molecule has 1 aromatic carbocycles. The number of nitrogens with one attached hydrogen (secondary N) is 2. The normalized spacial score (nSPS) is 22.8. The smallest absolute Gasteiger partial charge is 0.191 e. The first-order valence-electron chi connectivity index (χ1n) is 11.4. The number of aliphatic hydroxyl groups is 1. The van der Waals surface area contributed by atoms with Crippen molar-refractivity contribution >= 4 is 29.9 Å². The Morgan fingerprint density at radius 2 is 1.94 bits per heavy atom.